The number of carbonyl (C=O) groups excluding carboxylic acids is 1. The Morgan fingerprint density at radius 3 is 2.67 bits per heavy atom. The average Bonchev–Trinajstić information content (AvgIpc) is 3.23. The van der Waals surface area contributed by atoms with E-state index in [-0.39, 0.29) is 11.8 Å². The van der Waals surface area contributed by atoms with E-state index in [1.165, 1.54) is 25.7 Å². The van der Waals surface area contributed by atoms with Gasteiger partial charge in [0.15, 0.2) is 0 Å². The number of benzene rings is 1. The lowest BCUT2D eigenvalue weighted by Gasteiger charge is -2.11. The topological polar surface area (TPSA) is 64.3 Å². The van der Waals surface area contributed by atoms with E-state index >= 15 is 0 Å². The van der Waals surface area contributed by atoms with E-state index in [0.717, 1.165) is 17.0 Å². The number of amides is 1. The maximum Gasteiger partial charge on any atom is 0.228 e. The molecular formula is C17H24N2O2. The molecule has 0 heterocycles. The molecule has 0 spiro atoms. The van der Waals surface area contributed by atoms with Crippen molar-refractivity contribution in [1.29, 1.82) is 0 Å². The third kappa shape index (κ3) is 2.91. The Balaban J connectivity index is 1.66. The summed E-state index contributed by atoms with van der Waals surface area (Å²) in [5, 5.41) is 3.05. The highest BCUT2D eigenvalue weighted by Crippen LogP contribution is 2.55. The summed E-state index contributed by atoms with van der Waals surface area (Å²) in [6.07, 6.45) is 5.01. The maximum atomic E-state index is 12.4. The van der Waals surface area contributed by atoms with Gasteiger partial charge in [-0.3, -0.25) is 4.79 Å². The van der Waals surface area contributed by atoms with Crippen LogP contribution < -0.4 is 15.8 Å². The molecule has 114 valence electrons. The van der Waals surface area contributed by atoms with Crippen molar-refractivity contribution >= 4 is 11.6 Å². The van der Waals surface area contributed by atoms with Crippen LogP contribution >= 0.6 is 0 Å². The first-order valence-electron chi connectivity index (χ1n) is 8.01. The van der Waals surface area contributed by atoms with Gasteiger partial charge in [-0.05, 0) is 49.8 Å². The zero-order valence-corrected chi connectivity index (χ0v) is 12.6. The molecule has 1 amide bonds. The average molecular weight is 288 g/mol. The highest BCUT2D eigenvalue weighted by atomic mass is 16.5. The lowest BCUT2D eigenvalue weighted by Crippen LogP contribution is -2.16. The highest BCUT2D eigenvalue weighted by molar-refractivity contribution is 5.95. The summed E-state index contributed by atoms with van der Waals surface area (Å²) in [7, 11) is 0. The minimum Gasteiger partial charge on any atom is -0.494 e. The van der Waals surface area contributed by atoms with Crippen molar-refractivity contribution in [2.45, 2.75) is 39.2 Å². The number of anilines is 1. The minimum atomic E-state index is 0.180. The van der Waals surface area contributed by atoms with Crippen LogP contribution in [0.4, 0.5) is 5.69 Å². The molecule has 1 aromatic carbocycles. The van der Waals surface area contributed by atoms with Gasteiger partial charge in [-0.15, -0.1) is 0 Å². The number of ether oxygens (including phenoxy) is 1. The first kappa shape index (κ1) is 14.4. The molecule has 0 saturated heterocycles. The largest absolute Gasteiger partial charge is 0.494 e. The van der Waals surface area contributed by atoms with Crippen LogP contribution in [0, 0.1) is 17.8 Å². The van der Waals surface area contributed by atoms with Gasteiger partial charge >= 0.3 is 0 Å². The van der Waals surface area contributed by atoms with E-state index < -0.39 is 0 Å². The smallest absolute Gasteiger partial charge is 0.228 e. The van der Waals surface area contributed by atoms with E-state index in [4.69, 9.17) is 10.5 Å². The van der Waals surface area contributed by atoms with Crippen LogP contribution in [-0.4, -0.2) is 12.5 Å². The number of fused-ring (bicyclic) bond motifs is 1. The maximum absolute atomic E-state index is 12.4. The summed E-state index contributed by atoms with van der Waals surface area (Å²) in [6, 6.07) is 5.71. The molecule has 0 aliphatic heterocycles. The molecule has 2 atom stereocenters. The Hall–Kier alpha value is -1.55. The van der Waals surface area contributed by atoms with E-state index in [1.807, 2.05) is 25.1 Å². The van der Waals surface area contributed by atoms with Gasteiger partial charge in [-0.2, -0.15) is 0 Å². The number of rotatable bonds is 5. The standard InChI is InChI=1S/C17H24N2O2/c1-2-21-15-8-7-12(9-11(15)10-18)19-17(20)16-13-5-3-4-6-14(13)16/h7-9,13-14,16H,2-6,10,18H2,1H3,(H,19,20). The van der Waals surface area contributed by atoms with Crippen LogP contribution in [0.5, 0.6) is 5.75 Å². The molecule has 4 heteroatoms. The summed E-state index contributed by atoms with van der Waals surface area (Å²) in [5.41, 5.74) is 7.52. The third-order valence-corrected chi connectivity index (χ3v) is 4.81. The number of nitrogens with one attached hydrogen (secondary N) is 1. The Kier molecular flexibility index (Phi) is 4.15. The second-order valence-electron chi connectivity index (χ2n) is 6.09. The van der Waals surface area contributed by atoms with Crippen molar-refractivity contribution in [3.05, 3.63) is 23.8 Å². The van der Waals surface area contributed by atoms with Gasteiger partial charge in [0.1, 0.15) is 5.75 Å². The van der Waals surface area contributed by atoms with Crippen LogP contribution in [0.3, 0.4) is 0 Å². The molecule has 1 aromatic rings. The second-order valence-corrected chi connectivity index (χ2v) is 6.09. The molecule has 2 saturated carbocycles. The Labute approximate surface area is 126 Å². The predicted molar refractivity (Wildman–Crippen MR) is 83.1 cm³/mol. The fourth-order valence-electron chi connectivity index (χ4n) is 3.72. The number of hydrogen-bond donors (Lipinski definition) is 2. The van der Waals surface area contributed by atoms with Crippen LogP contribution in [0.25, 0.3) is 0 Å². The third-order valence-electron chi connectivity index (χ3n) is 4.81. The predicted octanol–water partition coefficient (Wildman–Crippen LogP) is 2.92. The number of carbonyl (C=O) groups is 1. The van der Waals surface area contributed by atoms with Crippen molar-refractivity contribution in [2.75, 3.05) is 11.9 Å². The van der Waals surface area contributed by atoms with Crippen LogP contribution in [0.1, 0.15) is 38.2 Å². The molecule has 3 N–H and O–H groups in total. The van der Waals surface area contributed by atoms with Gasteiger partial charge in [0.2, 0.25) is 5.91 Å². The van der Waals surface area contributed by atoms with E-state index in [2.05, 4.69) is 5.32 Å². The first-order valence-corrected chi connectivity index (χ1v) is 8.01. The lowest BCUT2D eigenvalue weighted by molar-refractivity contribution is -0.117. The molecule has 21 heavy (non-hydrogen) atoms. The van der Waals surface area contributed by atoms with Gasteiger partial charge in [-0.1, -0.05) is 12.8 Å². The summed E-state index contributed by atoms with van der Waals surface area (Å²) < 4.78 is 5.53. The van der Waals surface area contributed by atoms with Crippen LogP contribution in [0.2, 0.25) is 0 Å². The summed E-state index contributed by atoms with van der Waals surface area (Å²) >= 11 is 0. The minimum absolute atomic E-state index is 0.180. The van der Waals surface area contributed by atoms with Crippen molar-refractivity contribution in [2.24, 2.45) is 23.5 Å². The lowest BCUT2D eigenvalue weighted by atomic mass is 10.0. The zero-order valence-electron chi connectivity index (χ0n) is 12.6. The number of hydrogen-bond acceptors (Lipinski definition) is 3. The molecule has 2 fully saturated rings. The monoisotopic (exact) mass is 288 g/mol. The van der Waals surface area contributed by atoms with Crippen molar-refractivity contribution in [1.82, 2.24) is 0 Å². The van der Waals surface area contributed by atoms with Crippen molar-refractivity contribution in [3.8, 4) is 5.75 Å². The SMILES string of the molecule is CCOc1ccc(NC(=O)C2C3CCCCC32)cc1CN. The summed E-state index contributed by atoms with van der Waals surface area (Å²) in [6.45, 7) is 2.97. The normalized spacial score (nSPS) is 26.9. The summed E-state index contributed by atoms with van der Waals surface area (Å²) in [5.74, 6) is 2.49. The zero-order chi connectivity index (χ0) is 14.8. The van der Waals surface area contributed by atoms with Crippen LogP contribution in [-0.2, 0) is 11.3 Å². The fourth-order valence-corrected chi connectivity index (χ4v) is 3.72. The Bertz CT molecular complexity index is 518. The van der Waals surface area contributed by atoms with Gasteiger partial charge < -0.3 is 15.8 Å². The van der Waals surface area contributed by atoms with Gasteiger partial charge in [0.25, 0.3) is 0 Å². The quantitative estimate of drug-likeness (QED) is 0.875. The van der Waals surface area contributed by atoms with Crippen molar-refractivity contribution < 1.29 is 9.53 Å². The second kappa shape index (κ2) is 6.06. The molecule has 0 aromatic heterocycles. The molecule has 2 unspecified atom stereocenters. The van der Waals surface area contributed by atoms with Gasteiger partial charge in [-0.25, -0.2) is 0 Å². The molecule has 0 radical (unpaired) electrons. The van der Waals surface area contributed by atoms with E-state index in [9.17, 15) is 4.79 Å². The van der Waals surface area contributed by atoms with E-state index in [0.29, 0.717) is 25.0 Å². The van der Waals surface area contributed by atoms with Crippen LogP contribution in [0.15, 0.2) is 18.2 Å². The number of nitrogens with two attached hydrogens (primary N) is 1. The Morgan fingerprint density at radius 1 is 1.33 bits per heavy atom. The molecule has 3 rings (SSSR count). The summed E-state index contributed by atoms with van der Waals surface area (Å²) in [4.78, 5) is 12.4. The molecule has 0 bridgehead atoms. The fraction of sp³-hybridized carbons (Fsp3) is 0.588. The molecule has 4 nitrogen and oxygen atoms in total. The molecule has 2 aliphatic rings. The van der Waals surface area contributed by atoms with Gasteiger partial charge in [0.05, 0.1) is 6.61 Å². The highest BCUT2D eigenvalue weighted by Gasteiger charge is 2.54. The first-order chi connectivity index (χ1) is 10.2. The van der Waals surface area contributed by atoms with E-state index in [1.54, 1.807) is 0 Å². The molecular weight excluding hydrogens is 264 g/mol. The molecule has 2 aliphatic carbocycles. The van der Waals surface area contributed by atoms with Crippen molar-refractivity contribution in [3.63, 3.8) is 0 Å². The van der Waals surface area contributed by atoms with Gasteiger partial charge in [0, 0.05) is 23.7 Å². The Morgan fingerprint density at radius 2 is 2.05 bits per heavy atom.